The molecule has 0 amide bonds. The number of hydrogen-bond donors (Lipinski definition) is 0. The van der Waals surface area contributed by atoms with Crippen molar-refractivity contribution in [3.8, 4) is 0 Å². The summed E-state index contributed by atoms with van der Waals surface area (Å²) >= 11 is 0. The van der Waals surface area contributed by atoms with Crippen LogP contribution in [0, 0.1) is 0 Å². The van der Waals surface area contributed by atoms with Crippen LogP contribution in [0.2, 0.25) is 0 Å². The summed E-state index contributed by atoms with van der Waals surface area (Å²) in [5.74, 6) is 0. The minimum absolute atomic E-state index is 0.109. The molecule has 0 aliphatic heterocycles. The topological polar surface area (TPSA) is 55.4 Å². The fourth-order valence-corrected chi connectivity index (χ4v) is 8.23. The van der Waals surface area contributed by atoms with Gasteiger partial charge in [-0.1, -0.05) is 21.6 Å². The summed E-state index contributed by atoms with van der Waals surface area (Å²) in [7, 11) is 12.1. The summed E-state index contributed by atoms with van der Waals surface area (Å²) in [6.45, 7) is 15.1. The fraction of sp³-hybridized carbons (Fsp3) is 1.00. The summed E-state index contributed by atoms with van der Waals surface area (Å²) in [6.07, 6.45) is 1.10. The van der Waals surface area contributed by atoms with Gasteiger partial charge in [-0.15, -0.1) is 0 Å². The molecule has 0 fully saturated rings. The first-order chi connectivity index (χ1) is 13.8. The van der Waals surface area contributed by atoms with E-state index in [-0.39, 0.29) is 10.9 Å². The van der Waals surface area contributed by atoms with E-state index in [1.54, 1.807) is 31.4 Å². The van der Waals surface area contributed by atoms with Gasteiger partial charge >= 0.3 is 0 Å². The highest BCUT2D eigenvalue weighted by Crippen LogP contribution is 2.45. The number of rotatable bonds is 20. The van der Waals surface area contributed by atoms with Crippen LogP contribution >= 0.6 is 31.4 Å². The second-order valence-corrected chi connectivity index (χ2v) is 11.6. The summed E-state index contributed by atoms with van der Waals surface area (Å²) < 4.78 is 34.8. The zero-order valence-electron chi connectivity index (χ0n) is 18.5. The molecule has 0 saturated carbocycles. The van der Waals surface area contributed by atoms with E-state index in [0.717, 1.165) is 0 Å². The molecule has 0 aliphatic carbocycles. The minimum Gasteiger partial charge on any atom is -0.367 e. The fourth-order valence-electron chi connectivity index (χ4n) is 2.41. The molecule has 0 aromatic heterocycles. The van der Waals surface area contributed by atoms with Crippen LogP contribution in [-0.4, -0.2) is 81.8 Å². The Kier molecular flexibility index (Phi) is 18.5. The molecule has 0 N–H and O–H groups in total. The Hall–Kier alpha value is 1.24. The molecule has 6 radical (unpaired) electrons. The molecule has 2 unspecified atom stereocenters. The summed E-state index contributed by atoms with van der Waals surface area (Å²) in [5, 5.41) is 0. The first-order valence-electron chi connectivity index (χ1n) is 10.1. The summed E-state index contributed by atoms with van der Waals surface area (Å²) in [4.78, 5) is 0. The van der Waals surface area contributed by atoms with Crippen molar-refractivity contribution in [2.75, 3.05) is 39.6 Å². The lowest BCUT2D eigenvalue weighted by Gasteiger charge is -2.33. The molecule has 29 heavy (non-hydrogen) atoms. The standard InChI is InChI=1S/C18H36O6S3Si2/c1-7-19-15(13-17(28,21-9-3)22-10-4)25-27-26-16(20-8-2)14-18(29,23-11-5)24-12-6/h15-16H,7-14H2,1-6H3. The van der Waals surface area contributed by atoms with Gasteiger partial charge in [-0.25, -0.2) is 0 Å². The van der Waals surface area contributed by atoms with Crippen molar-refractivity contribution in [3.05, 3.63) is 0 Å². The zero-order valence-corrected chi connectivity index (χ0v) is 22.9. The second kappa shape index (κ2) is 17.8. The van der Waals surface area contributed by atoms with Crippen LogP contribution in [0.1, 0.15) is 54.4 Å². The van der Waals surface area contributed by atoms with Crippen molar-refractivity contribution in [2.45, 2.75) is 76.1 Å². The van der Waals surface area contributed by atoms with Crippen molar-refractivity contribution >= 4 is 51.9 Å². The monoisotopic (exact) mass is 500 g/mol. The van der Waals surface area contributed by atoms with E-state index in [4.69, 9.17) is 28.4 Å². The number of ether oxygens (including phenoxy) is 6. The summed E-state index contributed by atoms with van der Waals surface area (Å²) in [5.41, 5.74) is -1.92. The molecule has 2 atom stereocenters. The van der Waals surface area contributed by atoms with Gasteiger partial charge in [0.05, 0.1) is 0 Å². The van der Waals surface area contributed by atoms with Crippen LogP contribution in [0.5, 0.6) is 0 Å². The minimum atomic E-state index is -0.852. The quantitative estimate of drug-likeness (QED) is 0.138. The third-order valence-corrected chi connectivity index (χ3v) is 8.73. The predicted octanol–water partition coefficient (Wildman–Crippen LogP) is 4.31. The van der Waals surface area contributed by atoms with Crippen molar-refractivity contribution in [2.24, 2.45) is 0 Å². The molecule has 0 rings (SSSR count). The van der Waals surface area contributed by atoms with Crippen LogP contribution in [0.4, 0.5) is 0 Å². The maximum Gasteiger partial charge on any atom is 0.147 e. The molecule has 0 spiro atoms. The van der Waals surface area contributed by atoms with Gasteiger partial charge in [0.15, 0.2) is 0 Å². The highest BCUT2D eigenvalue weighted by atomic mass is 33.5. The highest BCUT2D eigenvalue weighted by molar-refractivity contribution is 9.09. The highest BCUT2D eigenvalue weighted by Gasteiger charge is 2.32. The smallest absolute Gasteiger partial charge is 0.147 e. The first kappa shape index (κ1) is 30.2. The van der Waals surface area contributed by atoms with Gasteiger partial charge in [-0.2, -0.15) is 0 Å². The average Bonchev–Trinajstić information content (AvgIpc) is 2.62. The second-order valence-electron chi connectivity index (χ2n) is 5.68. The van der Waals surface area contributed by atoms with Gasteiger partial charge in [-0.3, -0.25) is 0 Å². The lowest BCUT2D eigenvalue weighted by molar-refractivity contribution is -0.185. The molecule has 0 aromatic rings. The van der Waals surface area contributed by atoms with Crippen LogP contribution in [-0.2, 0) is 28.4 Å². The third-order valence-electron chi connectivity index (χ3n) is 3.38. The lowest BCUT2D eigenvalue weighted by Crippen LogP contribution is -2.40. The van der Waals surface area contributed by atoms with Gasteiger partial charge in [0.2, 0.25) is 0 Å². The predicted molar refractivity (Wildman–Crippen MR) is 126 cm³/mol. The molecule has 0 aromatic carbocycles. The third kappa shape index (κ3) is 14.1. The first-order valence-corrected chi connectivity index (χ1v) is 14.7. The van der Waals surface area contributed by atoms with Crippen LogP contribution in [0.15, 0.2) is 0 Å². The zero-order chi connectivity index (χ0) is 22.2. The molecule has 0 saturated heterocycles. The Bertz CT molecular complexity index is 353. The molecule has 0 heterocycles. The maximum atomic E-state index is 5.89. The Morgan fingerprint density at radius 3 is 1.14 bits per heavy atom. The van der Waals surface area contributed by atoms with Crippen LogP contribution < -0.4 is 0 Å². The summed E-state index contributed by atoms with van der Waals surface area (Å²) in [6, 6.07) is 0. The maximum absolute atomic E-state index is 5.89. The SMILES string of the molecule is CCOC(CC([Si])(OCC)OCC)SSSC(CC([Si])(OCC)OCC)OCC. The molecule has 0 aliphatic rings. The van der Waals surface area contributed by atoms with E-state index in [0.29, 0.717) is 52.5 Å². The van der Waals surface area contributed by atoms with Gasteiger partial charge in [-0.05, 0) is 51.4 Å². The van der Waals surface area contributed by atoms with E-state index in [2.05, 4.69) is 20.5 Å². The lowest BCUT2D eigenvalue weighted by atomic mass is 10.4. The Morgan fingerprint density at radius 2 is 0.897 bits per heavy atom. The molecule has 6 nitrogen and oxygen atoms in total. The van der Waals surface area contributed by atoms with Gasteiger partial charge in [0.1, 0.15) is 42.2 Å². The van der Waals surface area contributed by atoms with Gasteiger partial charge < -0.3 is 28.4 Å². The molecular weight excluding hydrogens is 465 g/mol. The molecule has 170 valence electrons. The van der Waals surface area contributed by atoms with Crippen LogP contribution in [0.25, 0.3) is 0 Å². The van der Waals surface area contributed by atoms with E-state index in [1.807, 2.05) is 41.5 Å². The van der Waals surface area contributed by atoms with Crippen molar-refractivity contribution in [3.63, 3.8) is 0 Å². The van der Waals surface area contributed by atoms with Crippen molar-refractivity contribution in [1.29, 1.82) is 0 Å². The van der Waals surface area contributed by atoms with E-state index < -0.39 is 10.8 Å². The number of hydrogen-bond acceptors (Lipinski definition) is 9. The molecule has 11 heteroatoms. The Morgan fingerprint density at radius 1 is 0.586 bits per heavy atom. The molecular formula is C18H36O6S3Si2. The van der Waals surface area contributed by atoms with E-state index >= 15 is 0 Å². The van der Waals surface area contributed by atoms with Crippen molar-refractivity contribution in [1.82, 2.24) is 0 Å². The normalized spacial score (nSPS) is 14.9. The Labute approximate surface area is 195 Å². The van der Waals surface area contributed by atoms with Gasteiger partial charge in [0, 0.05) is 52.5 Å². The Balaban J connectivity index is 4.83. The van der Waals surface area contributed by atoms with Crippen molar-refractivity contribution < 1.29 is 28.4 Å². The largest absolute Gasteiger partial charge is 0.367 e. The average molecular weight is 501 g/mol. The van der Waals surface area contributed by atoms with Crippen LogP contribution in [0.3, 0.4) is 0 Å². The van der Waals surface area contributed by atoms with Gasteiger partial charge in [0.25, 0.3) is 0 Å². The molecule has 0 bridgehead atoms. The van der Waals surface area contributed by atoms with E-state index in [9.17, 15) is 0 Å². The van der Waals surface area contributed by atoms with E-state index in [1.165, 1.54) is 0 Å².